The minimum Gasteiger partial charge on any atom is -0.481 e. The van der Waals surface area contributed by atoms with E-state index >= 15 is 0 Å². The fourth-order valence-electron chi connectivity index (χ4n) is 7.72. The van der Waals surface area contributed by atoms with Crippen molar-refractivity contribution in [2.24, 2.45) is 34.5 Å². The lowest BCUT2D eigenvalue weighted by molar-refractivity contribution is -0.137. The van der Waals surface area contributed by atoms with Gasteiger partial charge in [-0.1, -0.05) is 26.3 Å². The molecule has 4 nitrogen and oxygen atoms in total. The lowest BCUT2D eigenvalue weighted by Crippen LogP contribution is -2.48. The van der Waals surface area contributed by atoms with Crippen molar-refractivity contribution in [3.8, 4) is 0 Å². The molecule has 4 heteroatoms. The summed E-state index contributed by atoms with van der Waals surface area (Å²) in [6, 6.07) is 0. The Balaban J connectivity index is 1.65. The number of carbonyl (C=O) groups excluding carboxylic acids is 1. The first kappa shape index (κ1) is 20.1. The van der Waals surface area contributed by atoms with E-state index in [1.165, 1.54) is 5.57 Å². The van der Waals surface area contributed by atoms with Crippen molar-refractivity contribution in [3.63, 3.8) is 0 Å². The van der Waals surface area contributed by atoms with Crippen LogP contribution in [0.5, 0.6) is 0 Å². The van der Waals surface area contributed by atoms with Crippen LogP contribution in [0, 0.1) is 34.5 Å². The maximum atomic E-state index is 13.2. The second-order valence-corrected chi connectivity index (χ2v) is 10.7. The van der Waals surface area contributed by atoms with Crippen LogP contribution in [0.15, 0.2) is 11.1 Å². The molecule has 28 heavy (non-hydrogen) atoms. The Labute approximate surface area is 168 Å². The minimum atomic E-state index is -0.741. The number of aliphatic carboxylic acids is 1. The molecule has 3 saturated carbocycles. The summed E-state index contributed by atoms with van der Waals surface area (Å²) in [4.78, 5) is 24.3. The van der Waals surface area contributed by atoms with Crippen LogP contribution < -0.4 is 0 Å². The monoisotopic (exact) mass is 388 g/mol. The number of hydrogen-bond acceptors (Lipinski definition) is 3. The van der Waals surface area contributed by atoms with Crippen LogP contribution >= 0.6 is 0 Å². The topological polar surface area (TPSA) is 74.6 Å². The number of carboxylic acid groups (broad SMARTS) is 1. The van der Waals surface area contributed by atoms with Gasteiger partial charge in [0.1, 0.15) is 0 Å². The van der Waals surface area contributed by atoms with E-state index in [0.29, 0.717) is 30.5 Å². The number of carbonyl (C=O) groups is 2. The Morgan fingerprint density at radius 3 is 2.68 bits per heavy atom. The summed E-state index contributed by atoms with van der Waals surface area (Å²) in [5.41, 5.74) is 2.75. The van der Waals surface area contributed by atoms with E-state index in [9.17, 15) is 14.7 Å². The second-order valence-electron chi connectivity index (χ2n) is 10.7. The van der Waals surface area contributed by atoms with Crippen LogP contribution in [0.2, 0.25) is 0 Å². The molecule has 0 aromatic carbocycles. The number of hydrogen-bond donors (Lipinski definition) is 2. The number of allylic oxidation sites excluding steroid dienone is 2. The molecule has 7 atom stereocenters. The minimum absolute atomic E-state index is 0.0712. The highest BCUT2D eigenvalue weighted by Gasteiger charge is 2.58. The third-order valence-electron chi connectivity index (χ3n) is 9.33. The molecule has 4 aliphatic rings. The van der Waals surface area contributed by atoms with Crippen LogP contribution in [0.3, 0.4) is 0 Å². The van der Waals surface area contributed by atoms with Gasteiger partial charge in [-0.25, -0.2) is 0 Å². The van der Waals surface area contributed by atoms with Gasteiger partial charge >= 0.3 is 5.97 Å². The maximum absolute atomic E-state index is 13.2. The first-order valence-electron chi connectivity index (χ1n) is 11.3. The van der Waals surface area contributed by atoms with Gasteiger partial charge in [-0.15, -0.1) is 0 Å². The highest BCUT2D eigenvalue weighted by molar-refractivity contribution is 6.00. The molecule has 0 aliphatic heterocycles. The molecule has 0 spiro atoms. The number of carboxylic acids is 1. The zero-order valence-electron chi connectivity index (χ0n) is 17.7. The summed E-state index contributed by atoms with van der Waals surface area (Å²) in [7, 11) is 0. The third kappa shape index (κ3) is 2.98. The maximum Gasteiger partial charge on any atom is 0.303 e. The quantitative estimate of drug-likeness (QED) is 0.729. The summed E-state index contributed by atoms with van der Waals surface area (Å²) >= 11 is 0. The molecule has 0 amide bonds. The second kappa shape index (κ2) is 6.97. The zero-order chi connectivity index (χ0) is 20.3. The molecule has 0 saturated heterocycles. The molecule has 156 valence electrons. The number of aliphatic hydroxyl groups is 1. The van der Waals surface area contributed by atoms with Gasteiger partial charge in [-0.3, -0.25) is 9.59 Å². The lowest BCUT2D eigenvalue weighted by atomic mass is 9.48. The summed E-state index contributed by atoms with van der Waals surface area (Å²) < 4.78 is 0. The van der Waals surface area contributed by atoms with E-state index < -0.39 is 5.97 Å². The van der Waals surface area contributed by atoms with E-state index in [-0.39, 0.29) is 35.2 Å². The Bertz CT molecular complexity index is 709. The standard InChI is InChI=1S/C24H36O4/c1-14(4-7-21(27)28)19-13-20(26)22-17-6-5-15-12-16(25)8-10-23(15,2)18(17)9-11-24(19,22)3/h14-16,18-19,25H,4-13H2,1-3H3,(H,27,28)/t14-,15+,16?,18+,19-,23+,24-/m1/s1. The fourth-order valence-corrected chi connectivity index (χ4v) is 7.72. The lowest BCUT2D eigenvalue weighted by Gasteiger charge is -2.56. The molecular weight excluding hydrogens is 352 g/mol. The third-order valence-corrected chi connectivity index (χ3v) is 9.33. The number of Topliss-reactive ketones (excluding diaryl/α,β-unsaturated/α-hetero) is 1. The molecule has 0 heterocycles. The Morgan fingerprint density at radius 1 is 1.21 bits per heavy atom. The molecule has 4 aliphatic carbocycles. The molecule has 2 N–H and O–H groups in total. The molecule has 0 aromatic heterocycles. The number of rotatable bonds is 4. The van der Waals surface area contributed by atoms with Crippen molar-refractivity contribution in [2.45, 2.75) is 91.1 Å². The first-order chi connectivity index (χ1) is 13.2. The highest BCUT2D eigenvalue weighted by Crippen LogP contribution is 2.65. The van der Waals surface area contributed by atoms with Gasteiger partial charge in [-0.2, -0.15) is 0 Å². The van der Waals surface area contributed by atoms with Gasteiger partial charge in [0.25, 0.3) is 0 Å². The first-order valence-corrected chi connectivity index (χ1v) is 11.3. The Hall–Kier alpha value is -1.16. The van der Waals surface area contributed by atoms with Gasteiger partial charge in [-0.05, 0) is 85.9 Å². The van der Waals surface area contributed by atoms with Gasteiger partial charge in [0.05, 0.1) is 6.10 Å². The highest BCUT2D eigenvalue weighted by atomic mass is 16.4. The summed E-state index contributed by atoms with van der Waals surface area (Å²) in [6.07, 6.45) is 8.52. The number of aliphatic hydroxyl groups excluding tert-OH is 1. The van der Waals surface area contributed by atoms with Crippen LogP contribution in [0.25, 0.3) is 0 Å². The van der Waals surface area contributed by atoms with E-state index in [1.54, 1.807) is 0 Å². The van der Waals surface area contributed by atoms with Crippen molar-refractivity contribution in [1.29, 1.82) is 0 Å². The van der Waals surface area contributed by atoms with Crippen molar-refractivity contribution >= 4 is 11.8 Å². The van der Waals surface area contributed by atoms with Gasteiger partial charge in [0.15, 0.2) is 5.78 Å². The van der Waals surface area contributed by atoms with E-state index in [4.69, 9.17) is 5.11 Å². The largest absolute Gasteiger partial charge is 0.481 e. The molecule has 0 radical (unpaired) electrons. The van der Waals surface area contributed by atoms with Crippen LogP contribution in [0.4, 0.5) is 0 Å². The Morgan fingerprint density at radius 2 is 1.96 bits per heavy atom. The Kier molecular flexibility index (Phi) is 5.01. The van der Waals surface area contributed by atoms with Gasteiger partial charge in [0.2, 0.25) is 0 Å². The van der Waals surface area contributed by atoms with Crippen LogP contribution in [-0.4, -0.2) is 28.1 Å². The molecule has 3 fully saturated rings. The molecule has 0 aromatic rings. The average Bonchev–Trinajstić information content (AvgIpc) is 2.91. The van der Waals surface area contributed by atoms with Gasteiger partial charge < -0.3 is 10.2 Å². The molecule has 0 bridgehead atoms. The molecular formula is C24H36O4. The normalized spacial score (nSPS) is 43.9. The predicted molar refractivity (Wildman–Crippen MR) is 108 cm³/mol. The molecule has 1 unspecified atom stereocenters. The van der Waals surface area contributed by atoms with Gasteiger partial charge in [0, 0.05) is 18.4 Å². The number of fused-ring (bicyclic) bond motifs is 4. The smallest absolute Gasteiger partial charge is 0.303 e. The van der Waals surface area contributed by atoms with E-state index in [1.807, 2.05) is 0 Å². The predicted octanol–water partition coefficient (Wildman–Crippen LogP) is 4.75. The van der Waals surface area contributed by atoms with E-state index in [2.05, 4.69) is 20.8 Å². The van der Waals surface area contributed by atoms with Crippen molar-refractivity contribution in [3.05, 3.63) is 11.1 Å². The molecule has 4 rings (SSSR count). The summed E-state index contributed by atoms with van der Waals surface area (Å²) in [6.45, 7) is 6.85. The van der Waals surface area contributed by atoms with Crippen LogP contribution in [0.1, 0.15) is 85.0 Å². The van der Waals surface area contributed by atoms with E-state index in [0.717, 1.165) is 50.5 Å². The van der Waals surface area contributed by atoms with Crippen molar-refractivity contribution in [2.75, 3.05) is 0 Å². The number of ketones is 1. The zero-order valence-corrected chi connectivity index (χ0v) is 17.7. The van der Waals surface area contributed by atoms with Crippen molar-refractivity contribution in [1.82, 2.24) is 0 Å². The fraction of sp³-hybridized carbons (Fsp3) is 0.833. The summed E-state index contributed by atoms with van der Waals surface area (Å²) in [5, 5.41) is 19.2. The van der Waals surface area contributed by atoms with Crippen LogP contribution in [-0.2, 0) is 9.59 Å². The van der Waals surface area contributed by atoms with Crippen molar-refractivity contribution < 1.29 is 19.8 Å². The average molecular weight is 389 g/mol. The SMILES string of the molecule is C[C@H](CCC(=O)O)[C@H]1CC(=O)C2=C3CC[C@H]4CC(O)CC[C@]4(C)[C@H]3CC[C@@]21C. The summed E-state index contributed by atoms with van der Waals surface area (Å²) in [5.74, 6) is 1.22.